The molecule has 9 heteroatoms. The predicted molar refractivity (Wildman–Crippen MR) is 152 cm³/mol. The van der Waals surface area contributed by atoms with Crippen LogP contribution >= 0.6 is 0 Å². The van der Waals surface area contributed by atoms with E-state index < -0.39 is 5.54 Å². The minimum absolute atomic E-state index is 0.162. The molecule has 5 rings (SSSR count). The molecule has 1 aliphatic heterocycles. The second-order valence-electron chi connectivity index (χ2n) is 9.64. The Kier molecular flexibility index (Phi) is 7.46. The first kappa shape index (κ1) is 26.8. The zero-order chi connectivity index (χ0) is 28.3. The van der Waals surface area contributed by atoms with Gasteiger partial charge in [0.15, 0.2) is 0 Å². The smallest absolute Gasteiger partial charge is 0.277 e. The van der Waals surface area contributed by atoms with E-state index in [2.05, 4.69) is 5.32 Å². The molecule has 0 bridgehead atoms. The van der Waals surface area contributed by atoms with Gasteiger partial charge in [0.05, 0.1) is 33.1 Å². The summed E-state index contributed by atoms with van der Waals surface area (Å²) in [5, 5.41) is 7.75. The number of methoxy groups -OCH3 is 2. The van der Waals surface area contributed by atoms with Crippen molar-refractivity contribution in [2.75, 3.05) is 25.7 Å². The summed E-state index contributed by atoms with van der Waals surface area (Å²) in [4.78, 5) is 29.6. The van der Waals surface area contributed by atoms with Gasteiger partial charge in [-0.05, 0) is 74.5 Å². The van der Waals surface area contributed by atoms with Crippen molar-refractivity contribution in [2.45, 2.75) is 32.5 Å². The number of benzene rings is 3. The summed E-state index contributed by atoms with van der Waals surface area (Å²) in [7, 11) is 3.20. The van der Waals surface area contributed by atoms with E-state index in [0.29, 0.717) is 35.2 Å². The highest BCUT2D eigenvalue weighted by atomic mass is 16.5. The van der Waals surface area contributed by atoms with Crippen molar-refractivity contribution < 1.29 is 23.8 Å². The molecular formula is C31H32N4O5. The number of anilines is 1. The van der Waals surface area contributed by atoms with Crippen LogP contribution < -0.4 is 24.4 Å². The SMILES string of the molecule is CCOc1ccc(N2C(=O)c3cc(-c4ccc(OC)cc4)nn3C[C@]2(C)C(=O)NCc2ccccc2OC)cc1. The van der Waals surface area contributed by atoms with Gasteiger partial charge in [-0.1, -0.05) is 18.2 Å². The van der Waals surface area contributed by atoms with E-state index in [9.17, 15) is 9.59 Å². The fourth-order valence-electron chi connectivity index (χ4n) is 4.96. The Morgan fingerprint density at radius 2 is 1.68 bits per heavy atom. The molecule has 1 N–H and O–H groups in total. The fourth-order valence-corrected chi connectivity index (χ4v) is 4.96. The van der Waals surface area contributed by atoms with Crippen molar-refractivity contribution in [3.8, 4) is 28.5 Å². The van der Waals surface area contributed by atoms with Crippen LogP contribution in [0.5, 0.6) is 17.2 Å². The van der Waals surface area contributed by atoms with Gasteiger partial charge < -0.3 is 19.5 Å². The average Bonchev–Trinajstić information content (AvgIpc) is 3.41. The average molecular weight is 541 g/mol. The first-order valence-electron chi connectivity index (χ1n) is 13.1. The summed E-state index contributed by atoms with van der Waals surface area (Å²) < 4.78 is 17.9. The summed E-state index contributed by atoms with van der Waals surface area (Å²) in [5.41, 5.74) is 2.01. The van der Waals surface area contributed by atoms with Gasteiger partial charge in [0.1, 0.15) is 28.5 Å². The third-order valence-electron chi connectivity index (χ3n) is 7.07. The Morgan fingerprint density at radius 3 is 2.35 bits per heavy atom. The lowest BCUT2D eigenvalue weighted by Crippen LogP contribution is -2.64. The summed E-state index contributed by atoms with van der Waals surface area (Å²) in [6.07, 6.45) is 0. The van der Waals surface area contributed by atoms with Crippen LogP contribution in [0.2, 0.25) is 0 Å². The van der Waals surface area contributed by atoms with Gasteiger partial charge in [-0.25, -0.2) is 0 Å². The zero-order valence-corrected chi connectivity index (χ0v) is 23.0. The molecule has 3 aromatic carbocycles. The molecule has 0 spiro atoms. The van der Waals surface area contributed by atoms with Gasteiger partial charge in [0.25, 0.3) is 5.91 Å². The molecule has 2 heterocycles. The van der Waals surface area contributed by atoms with Gasteiger partial charge in [0.2, 0.25) is 5.91 Å². The number of nitrogens with one attached hydrogen (secondary N) is 1. The van der Waals surface area contributed by atoms with Crippen LogP contribution in [0.25, 0.3) is 11.3 Å². The van der Waals surface area contributed by atoms with E-state index in [1.165, 1.54) is 0 Å². The number of amides is 2. The second kappa shape index (κ2) is 11.1. The number of carbonyl (C=O) groups is 2. The van der Waals surface area contributed by atoms with E-state index in [4.69, 9.17) is 19.3 Å². The van der Waals surface area contributed by atoms with Crippen molar-refractivity contribution in [3.05, 3.63) is 90.1 Å². The largest absolute Gasteiger partial charge is 0.497 e. The number of ether oxygens (including phenoxy) is 3. The number of carbonyl (C=O) groups excluding carboxylic acids is 2. The molecule has 0 fully saturated rings. The number of para-hydroxylation sites is 1. The molecule has 1 aliphatic rings. The number of aromatic nitrogens is 2. The van der Waals surface area contributed by atoms with Crippen LogP contribution in [0.3, 0.4) is 0 Å². The highest BCUT2D eigenvalue weighted by Gasteiger charge is 2.49. The molecule has 1 atom stereocenters. The predicted octanol–water partition coefficient (Wildman–Crippen LogP) is 4.70. The lowest BCUT2D eigenvalue weighted by atomic mass is 9.93. The first-order valence-corrected chi connectivity index (χ1v) is 13.1. The van der Waals surface area contributed by atoms with E-state index in [0.717, 1.165) is 16.9 Å². The number of rotatable bonds is 9. The molecule has 0 radical (unpaired) electrons. The summed E-state index contributed by atoms with van der Waals surface area (Å²) >= 11 is 0. The van der Waals surface area contributed by atoms with Crippen LogP contribution in [-0.4, -0.2) is 48.0 Å². The maximum atomic E-state index is 14.1. The van der Waals surface area contributed by atoms with Crippen molar-refractivity contribution in [3.63, 3.8) is 0 Å². The van der Waals surface area contributed by atoms with Crippen molar-refractivity contribution in [2.24, 2.45) is 0 Å². The Morgan fingerprint density at radius 1 is 0.975 bits per heavy atom. The van der Waals surface area contributed by atoms with Gasteiger partial charge in [-0.3, -0.25) is 19.2 Å². The van der Waals surface area contributed by atoms with Gasteiger partial charge >= 0.3 is 0 Å². The number of hydrogen-bond donors (Lipinski definition) is 1. The first-order chi connectivity index (χ1) is 19.4. The third-order valence-corrected chi connectivity index (χ3v) is 7.07. The van der Waals surface area contributed by atoms with Crippen LogP contribution in [0.4, 0.5) is 5.69 Å². The maximum absolute atomic E-state index is 14.1. The molecule has 4 aromatic rings. The highest BCUT2D eigenvalue weighted by molar-refractivity contribution is 6.12. The molecule has 206 valence electrons. The molecule has 1 aromatic heterocycles. The molecule has 0 saturated carbocycles. The van der Waals surface area contributed by atoms with Crippen LogP contribution in [0.1, 0.15) is 29.9 Å². The molecule has 0 unspecified atom stereocenters. The Labute approximate surface area is 233 Å². The third kappa shape index (κ3) is 4.98. The molecule has 2 amide bonds. The lowest BCUT2D eigenvalue weighted by Gasteiger charge is -2.43. The summed E-state index contributed by atoms with van der Waals surface area (Å²) in [5.74, 6) is 1.45. The lowest BCUT2D eigenvalue weighted by molar-refractivity contribution is -0.126. The fraction of sp³-hybridized carbons (Fsp3) is 0.258. The number of fused-ring (bicyclic) bond motifs is 1. The minimum Gasteiger partial charge on any atom is -0.497 e. The highest BCUT2D eigenvalue weighted by Crippen LogP contribution is 2.35. The van der Waals surface area contributed by atoms with Crippen molar-refractivity contribution in [1.82, 2.24) is 15.1 Å². The van der Waals surface area contributed by atoms with Crippen molar-refractivity contribution >= 4 is 17.5 Å². The number of nitrogens with zero attached hydrogens (tertiary/aromatic N) is 3. The molecular weight excluding hydrogens is 508 g/mol. The molecule has 9 nitrogen and oxygen atoms in total. The normalized spacial score (nSPS) is 16.3. The Bertz CT molecular complexity index is 1510. The summed E-state index contributed by atoms with van der Waals surface area (Å²) in [6, 6.07) is 23.9. The molecule has 40 heavy (non-hydrogen) atoms. The van der Waals surface area contributed by atoms with E-state index in [-0.39, 0.29) is 24.9 Å². The van der Waals surface area contributed by atoms with Crippen LogP contribution in [-0.2, 0) is 17.9 Å². The zero-order valence-electron chi connectivity index (χ0n) is 23.0. The van der Waals surface area contributed by atoms with Gasteiger partial charge in [0, 0.05) is 23.4 Å². The Hall–Kier alpha value is -4.79. The summed E-state index contributed by atoms with van der Waals surface area (Å²) in [6.45, 7) is 4.60. The van der Waals surface area contributed by atoms with Crippen LogP contribution in [0, 0.1) is 0 Å². The Balaban J connectivity index is 1.52. The quantitative estimate of drug-likeness (QED) is 0.331. The van der Waals surface area contributed by atoms with Gasteiger partial charge in [-0.15, -0.1) is 0 Å². The van der Waals surface area contributed by atoms with E-state index in [1.807, 2.05) is 55.5 Å². The standard InChI is InChI=1S/C31H32N4O5/c1-5-40-25-16-12-23(13-17-25)35-29(36)27-18-26(21-10-14-24(38-3)15-11-21)33-34(27)20-31(35,2)30(37)32-19-22-8-6-7-9-28(22)39-4/h6-18H,5,19-20H2,1-4H3,(H,32,37)/t31-/m1/s1. The van der Waals surface area contributed by atoms with E-state index in [1.54, 1.807) is 61.1 Å². The number of hydrogen-bond acceptors (Lipinski definition) is 6. The topological polar surface area (TPSA) is 94.9 Å². The van der Waals surface area contributed by atoms with Crippen LogP contribution in [0.15, 0.2) is 78.9 Å². The van der Waals surface area contributed by atoms with E-state index >= 15 is 0 Å². The molecule has 0 saturated heterocycles. The monoisotopic (exact) mass is 540 g/mol. The second-order valence-corrected chi connectivity index (χ2v) is 9.64. The van der Waals surface area contributed by atoms with Gasteiger partial charge in [-0.2, -0.15) is 5.10 Å². The van der Waals surface area contributed by atoms with Crippen molar-refractivity contribution in [1.29, 1.82) is 0 Å². The molecule has 0 aliphatic carbocycles. The maximum Gasteiger partial charge on any atom is 0.277 e. The minimum atomic E-state index is -1.28.